The van der Waals surface area contributed by atoms with Gasteiger partial charge >= 0.3 is 0 Å². The number of rotatable bonds is 6. The van der Waals surface area contributed by atoms with Crippen LogP contribution in [0, 0.1) is 10.1 Å². The third-order valence-corrected chi connectivity index (χ3v) is 5.05. The van der Waals surface area contributed by atoms with Crippen LogP contribution in [-0.2, 0) is 29.2 Å². The summed E-state index contributed by atoms with van der Waals surface area (Å²) in [6, 6.07) is 3.86. The smallest absolute Gasteiger partial charge is 0.293 e. The van der Waals surface area contributed by atoms with Gasteiger partial charge in [-0.25, -0.2) is 8.42 Å². The molecule has 3 rings (SSSR count). The monoisotopic (exact) mass is 351 g/mol. The lowest BCUT2D eigenvalue weighted by Gasteiger charge is -2.08. The molecular weight excluding hydrogens is 334 g/mol. The molecule has 0 saturated carbocycles. The molecular formula is C14H17N5O4S. The quantitative estimate of drug-likeness (QED) is 0.613. The van der Waals surface area contributed by atoms with Crippen LogP contribution in [0.15, 0.2) is 23.1 Å². The van der Waals surface area contributed by atoms with E-state index in [0.717, 1.165) is 43.4 Å². The zero-order valence-electron chi connectivity index (χ0n) is 13.1. The van der Waals surface area contributed by atoms with Crippen molar-refractivity contribution >= 4 is 21.2 Å². The van der Waals surface area contributed by atoms with Gasteiger partial charge in [-0.15, -0.1) is 10.2 Å². The number of aromatic nitrogens is 3. The number of aryl methyl sites for hydroxylation is 1. The molecule has 0 fully saturated rings. The fourth-order valence-corrected chi connectivity index (χ4v) is 3.39. The number of hydrogen-bond acceptors (Lipinski definition) is 7. The molecule has 0 atom stereocenters. The Bertz CT molecular complexity index is 891. The van der Waals surface area contributed by atoms with Crippen molar-refractivity contribution in [1.82, 2.24) is 14.8 Å². The Kier molecular flexibility index (Phi) is 4.22. The SMILES string of the molecule is CS(=O)(=O)c1ccc(NCCc2nnc3n2CCC3)c([N+](=O)[O-])c1. The van der Waals surface area contributed by atoms with Gasteiger partial charge in [-0.05, 0) is 18.6 Å². The average molecular weight is 351 g/mol. The zero-order chi connectivity index (χ0) is 17.3. The molecule has 0 bridgehead atoms. The van der Waals surface area contributed by atoms with Crippen molar-refractivity contribution in [3.05, 3.63) is 40.0 Å². The molecule has 0 radical (unpaired) electrons. The number of sulfone groups is 1. The number of nitro groups is 1. The fraction of sp³-hybridized carbons (Fsp3) is 0.429. The number of anilines is 1. The van der Waals surface area contributed by atoms with E-state index in [1.165, 1.54) is 12.1 Å². The number of fused-ring (bicyclic) bond motifs is 1. The van der Waals surface area contributed by atoms with Gasteiger partial charge < -0.3 is 9.88 Å². The highest BCUT2D eigenvalue weighted by molar-refractivity contribution is 7.90. The van der Waals surface area contributed by atoms with Gasteiger partial charge in [-0.2, -0.15) is 0 Å². The predicted octanol–water partition coefficient (Wildman–Crippen LogP) is 1.19. The van der Waals surface area contributed by atoms with Gasteiger partial charge in [-0.3, -0.25) is 10.1 Å². The topological polar surface area (TPSA) is 120 Å². The lowest BCUT2D eigenvalue weighted by molar-refractivity contribution is -0.384. The maximum absolute atomic E-state index is 11.5. The summed E-state index contributed by atoms with van der Waals surface area (Å²) in [6.45, 7) is 1.35. The number of benzene rings is 1. The first-order valence-corrected chi connectivity index (χ1v) is 9.39. The number of nitrogens with zero attached hydrogens (tertiary/aromatic N) is 4. The normalized spacial score (nSPS) is 13.7. The van der Waals surface area contributed by atoms with Crippen molar-refractivity contribution in [1.29, 1.82) is 0 Å². The minimum atomic E-state index is -3.49. The lowest BCUT2D eigenvalue weighted by Crippen LogP contribution is -2.11. The molecule has 0 unspecified atom stereocenters. The van der Waals surface area contributed by atoms with E-state index in [4.69, 9.17) is 0 Å². The summed E-state index contributed by atoms with van der Waals surface area (Å²) >= 11 is 0. The standard InChI is InChI=1S/C14H17N5O4S/c1-24(22,23)10-4-5-11(12(9-10)19(20)21)15-7-6-14-17-16-13-3-2-8-18(13)14/h4-5,9,15H,2-3,6-8H2,1H3. The van der Waals surface area contributed by atoms with Gasteiger partial charge in [-0.1, -0.05) is 0 Å². The van der Waals surface area contributed by atoms with Gasteiger partial charge in [0.1, 0.15) is 17.3 Å². The van der Waals surface area contributed by atoms with Crippen molar-refractivity contribution < 1.29 is 13.3 Å². The highest BCUT2D eigenvalue weighted by Gasteiger charge is 2.20. The first kappa shape index (κ1) is 16.4. The van der Waals surface area contributed by atoms with E-state index in [9.17, 15) is 18.5 Å². The van der Waals surface area contributed by atoms with E-state index in [2.05, 4.69) is 20.1 Å². The van der Waals surface area contributed by atoms with Crippen molar-refractivity contribution in [2.75, 3.05) is 18.1 Å². The van der Waals surface area contributed by atoms with Crippen LogP contribution in [0.2, 0.25) is 0 Å². The molecule has 10 heteroatoms. The number of nitrogens with one attached hydrogen (secondary N) is 1. The predicted molar refractivity (Wildman–Crippen MR) is 86.7 cm³/mol. The maximum Gasteiger partial charge on any atom is 0.293 e. The molecule has 1 aliphatic rings. The Morgan fingerprint density at radius 1 is 1.38 bits per heavy atom. The van der Waals surface area contributed by atoms with Gasteiger partial charge in [0, 0.05) is 38.3 Å². The molecule has 128 valence electrons. The van der Waals surface area contributed by atoms with Gasteiger partial charge in [0.25, 0.3) is 5.69 Å². The third-order valence-electron chi connectivity index (χ3n) is 3.94. The molecule has 1 aromatic carbocycles. The first-order chi connectivity index (χ1) is 11.4. The van der Waals surface area contributed by atoms with Crippen LogP contribution in [0.4, 0.5) is 11.4 Å². The molecule has 1 N–H and O–H groups in total. The highest BCUT2D eigenvalue weighted by atomic mass is 32.2. The number of nitro benzene ring substituents is 1. The van der Waals surface area contributed by atoms with Crippen LogP contribution in [0.1, 0.15) is 18.1 Å². The molecule has 9 nitrogen and oxygen atoms in total. The summed E-state index contributed by atoms with van der Waals surface area (Å²) in [5.41, 5.74) is 0.0259. The summed E-state index contributed by atoms with van der Waals surface area (Å²) in [4.78, 5) is 10.5. The second-order valence-electron chi connectivity index (χ2n) is 5.67. The Labute approximate surface area is 138 Å². The minimum Gasteiger partial charge on any atom is -0.379 e. The lowest BCUT2D eigenvalue weighted by atomic mass is 10.2. The third kappa shape index (κ3) is 3.23. The Morgan fingerprint density at radius 3 is 2.88 bits per heavy atom. The van der Waals surface area contributed by atoms with Crippen LogP contribution in [0.3, 0.4) is 0 Å². The summed E-state index contributed by atoms with van der Waals surface area (Å²) < 4.78 is 25.1. The molecule has 1 aliphatic heterocycles. The Morgan fingerprint density at radius 2 is 2.17 bits per heavy atom. The molecule has 1 aromatic heterocycles. The fourth-order valence-electron chi connectivity index (χ4n) is 2.75. The molecule has 0 aliphatic carbocycles. The summed E-state index contributed by atoms with van der Waals surface area (Å²) in [5.74, 6) is 1.83. The average Bonchev–Trinajstić information content (AvgIpc) is 3.10. The largest absolute Gasteiger partial charge is 0.379 e. The van der Waals surface area contributed by atoms with Crippen molar-refractivity contribution in [2.24, 2.45) is 0 Å². The van der Waals surface area contributed by atoms with Crippen LogP contribution < -0.4 is 5.32 Å². The summed E-state index contributed by atoms with van der Waals surface area (Å²) in [6.07, 6.45) is 3.59. The second kappa shape index (κ2) is 6.19. The number of hydrogen-bond donors (Lipinski definition) is 1. The zero-order valence-corrected chi connectivity index (χ0v) is 13.9. The molecule has 2 heterocycles. The van der Waals surface area contributed by atoms with Crippen LogP contribution >= 0.6 is 0 Å². The van der Waals surface area contributed by atoms with Gasteiger partial charge in [0.15, 0.2) is 9.84 Å². The van der Waals surface area contributed by atoms with Crippen LogP contribution in [0.25, 0.3) is 0 Å². The molecule has 2 aromatic rings. The maximum atomic E-state index is 11.5. The summed E-state index contributed by atoms with van der Waals surface area (Å²) in [5, 5.41) is 22.4. The molecule has 24 heavy (non-hydrogen) atoms. The Hall–Kier alpha value is -2.49. The highest BCUT2D eigenvalue weighted by Crippen LogP contribution is 2.27. The van der Waals surface area contributed by atoms with E-state index in [0.29, 0.717) is 13.0 Å². The first-order valence-electron chi connectivity index (χ1n) is 7.49. The van der Waals surface area contributed by atoms with Crippen molar-refractivity contribution in [3.8, 4) is 0 Å². The Balaban J connectivity index is 1.73. The molecule has 0 amide bonds. The van der Waals surface area contributed by atoms with E-state index >= 15 is 0 Å². The van der Waals surface area contributed by atoms with Crippen LogP contribution in [-0.4, -0.2) is 40.9 Å². The van der Waals surface area contributed by atoms with E-state index in [-0.39, 0.29) is 16.3 Å². The summed E-state index contributed by atoms with van der Waals surface area (Å²) in [7, 11) is -3.49. The second-order valence-corrected chi connectivity index (χ2v) is 7.69. The van der Waals surface area contributed by atoms with Crippen LogP contribution in [0.5, 0.6) is 0 Å². The molecule has 0 spiro atoms. The van der Waals surface area contributed by atoms with E-state index < -0.39 is 14.8 Å². The van der Waals surface area contributed by atoms with Crippen molar-refractivity contribution in [3.63, 3.8) is 0 Å². The van der Waals surface area contributed by atoms with Crippen molar-refractivity contribution in [2.45, 2.75) is 30.7 Å². The molecule has 0 saturated heterocycles. The van der Waals surface area contributed by atoms with Gasteiger partial charge in [0.05, 0.1) is 9.82 Å². The van der Waals surface area contributed by atoms with Gasteiger partial charge in [0.2, 0.25) is 0 Å². The minimum absolute atomic E-state index is 0.0740. The van der Waals surface area contributed by atoms with E-state index in [1.54, 1.807) is 0 Å². The van der Waals surface area contributed by atoms with E-state index in [1.807, 2.05) is 0 Å².